The maximum Gasteiger partial charge on any atom is 0.204 e. The number of carbonyl (C=O) groups is 1. The molecule has 9 heteroatoms. The molecule has 3 heterocycles. The first-order valence-corrected chi connectivity index (χ1v) is 10.6. The average molecular weight is 434 g/mol. The molecule has 6 rings (SSSR count). The summed E-state index contributed by atoms with van der Waals surface area (Å²) in [5, 5.41) is 3.51. The van der Waals surface area contributed by atoms with E-state index in [0.29, 0.717) is 17.7 Å². The Kier molecular flexibility index (Phi) is 5.30. The van der Waals surface area contributed by atoms with Gasteiger partial charge in [-0.15, -0.1) is 0 Å². The Hall–Kier alpha value is -3.75. The van der Waals surface area contributed by atoms with Crippen LogP contribution in [0.4, 0.5) is 10.1 Å². The van der Waals surface area contributed by atoms with E-state index in [9.17, 15) is 4.39 Å². The summed E-state index contributed by atoms with van der Waals surface area (Å²) in [6, 6.07) is 7.48. The van der Waals surface area contributed by atoms with Gasteiger partial charge in [0.1, 0.15) is 22.6 Å². The van der Waals surface area contributed by atoms with Crippen molar-refractivity contribution in [3.8, 4) is 17.1 Å². The fourth-order valence-corrected chi connectivity index (χ4v) is 4.03. The van der Waals surface area contributed by atoms with Crippen molar-refractivity contribution in [1.29, 1.82) is 0 Å². The van der Waals surface area contributed by atoms with Gasteiger partial charge < -0.3 is 20.4 Å². The Morgan fingerprint density at radius 2 is 2.00 bits per heavy atom. The highest BCUT2D eigenvalue weighted by Crippen LogP contribution is 2.37. The number of fused-ring (bicyclic) bond motifs is 1. The zero-order chi connectivity index (χ0) is 22.1. The van der Waals surface area contributed by atoms with Gasteiger partial charge in [0.2, 0.25) is 6.41 Å². The van der Waals surface area contributed by atoms with Gasteiger partial charge in [0.15, 0.2) is 5.82 Å². The summed E-state index contributed by atoms with van der Waals surface area (Å²) in [6.45, 7) is 2.40. The van der Waals surface area contributed by atoms with E-state index >= 15 is 0 Å². The highest BCUT2D eigenvalue weighted by molar-refractivity contribution is 5.90. The van der Waals surface area contributed by atoms with Crippen molar-refractivity contribution in [2.75, 3.05) is 18.5 Å². The third-order valence-electron chi connectivity index (χ3n) is 5.67. The molecular formula is C23H23FN6O2. The topological polar surface area (TPSA) is 108 Å². The van der Waals surface area contributed by atoms with Gasteiger partial charge in [-0.05, 0) is 43.4 Å². The van der Waals surface area contributed by atoms with E-state index in [0.717, 1.165) is 53.7 Å². The number of ether oxygens (including phenoxy) is 1. The number of carbonyl (C=O) groups excluding carboxylic acids is 1. The molecule has 8 nitrogen and oxygen atoms in total. The third-order valence-corrected chi connectivity index (χ3v) is 5.67. The van der Waals surface area contributed by atoms with Crippen LogP contribution in [0.3, 0.4) is 0 Å². The Balaban J connectivity index is 0.000000684. The zero-order valence-electron chi connectivity index (χ0n) is 17.4. The first-order valence-electron chi connectivity index (χ1n) is 10.6. The Morgan fingerprint density at radius 3 is 2.81 bits per heavy atom. The second kappa shape index (κ2) is 8.41. The molecule has 2 aromatic carbocycles. The summed E-state index contributed by atoms with van der Waals surface area (Å²) in [6.07, 6.45) is 6.80. The Labute approximate surface area is 183 Å². The minimum atomic E-state index is -0.387. The van der Waals surface area contributed by atoms with Crippen LogP contribution < -0.4 is 15.8 Å². The van der Waals surface area contributed by atoms with Gasteiger partial charge in [-0.25, -0.2) is 14.4 Å². The number of aryl methyl sites for hydroxylation is 1. The third kappa shape index (κ3) is 3.81. The molecule has 0 saturated heterocycles. The fourth-order valence-electron chi connectivity index (χ4n) is 4.03. The van der Waals surface area contributed by atoms with E-state index in [1.807, 2.05) is 6.07 Å². The fraction of sp³-hybridized carbons (Fsp3) is 0.304. The maximum atomic E-state index is 14.7. The van der Waals surface area contributed by atoms with Gasteiger partial charge in [-0.3, -0.25) is 9.78 Å². The van der Waals surface area contributed by atoms with Crippen LogP contribution in [0.2, 0.25) is 0 Å². The number of hydrogen-bond acceptors (Lipinski definition) is 6. The number of halogens is 1. The highest BCUT2D eigenvalue weighted by Gasteiger charge is 2.23. The number of hydrogen-bond donors (Lipinski definition) is 2. The van der Waals surface area contributed by atoms with Crippen LogP contribution in [0.25, 0.3) is 33.5 Å². The molecule has 0 radical (unpaired) electrons. The van der Waals surface area contributed by atoms with Gasteiger partial charge in [0.25, 0.3) is 0 Å². The van der Waals surface area contributed by atoms with E-state index < -0.39 is 0 Å². The summed E-state index contributed by atoms with van der Waals surface area (Å²) >= 11 is 0. The average Bonchev–Trinajstić information content (AvgIpc) is 3.58. The summed E-state index contributed by atoms with van der Waals surface area (Å²) in [7, 11) is 0. The lowest BCUT2D eigenvalue weighted by Crippen LogP contribution is -2.03. The van der Waals surface area contributed by atoms with Gasteiger partial charge in [-0.2, -0.15) is 0 Å². The molecule has 32 heavy (non-hydrogen) atoms. The van der Waals surface area contributed by atoms with E-state index in [2.05, 4.69) is 37.7 Å². The number of primary amides is 1. The highest BCUT2D eigenvalue weighted by atomic mass is 19.1. The van der Waals surface area contributed by atoms with E-state index in [-0.39, 0.29) is 17.7 Å². The first kappa shape index (κ1) is 20.2. The predicted molar refractivity (Wildman–Crippen MR) is 120 cm³/mol. The lowest BCUT2D eigenvalue weighted by Gasteiger charge is -2.10. The SMILES string of the molecule is Fc1cc(-c2nc3cc(NCC4CC4)cc4c3n2CCCO4)cc2nccnc12.NC=O. The van der Waals surface area contributed by atoms with E-state index in [1.165, 1.54) is 25.1 Å². The van der Waals surface area contributed by atoms with Crippen molar-refractivity contribution in [1.82, 2.24) is 19.5 Å². The number of nitrogens with one attached hydrogen (secondary N) is 1. The molecule has 2 aromatic heterocycles. The van der Waals surface area contributed by atoms with Gasteiger partial charge in [-0.1, -0.05) is 0 Å². The summed E-state index contributed by atoms with van der Waals surface area (Å²) in [5.74, 6) is 1.96. The number of nitrogens with two attached hydrogens (primary N) is 1. The van der Waals surface area contributed by atoms with Crippen molar-refractivity contribution < 1.29 is 13.9 Å². The molecular weight excluding hydrogens is 411 g/mol. The lowest BCUT2D eigenvalue weighted by molar-refractivity contribution is -0.106. The quantitative estimate of drug-likeness (QED) is 0.476. The molecule has 0 unspecified atom stereocenters. The minimum absolute atomic E-state index is 0.250. The molecule has 1 aliphatic heterocycles. The van der Waals surface area contributed by atoms with Crippen molar-refractivity contribution in [3.63, 3.8) is 0 Å². The van der Waals surface area contributed by atoms with Crippen LogP contribution in [0.1, 0.15) is 19.3 Å². The maximum absolute atomic E-state index is 14.7. The second-order valence-electron chi connectivity index (χ2n) is 7.97. The molecule has 1 amide bonds. The minimum Gasteiger partial charge on any atom is -0.491 e. The number of imidazole rings is 1. The number of benzene rings is 2. The zero-order valence-corrected chi connectivity index (χ0v) is 17.4. The second-order valence-corrected chi connectivity index (χ2v) is 7.97. The predicted octanol–water partition coefficient (Wildman–Crippen LogP) is 3.49. The lowest BCUT2D eigenvalue weighted by atomic mass is 10.1. The number of aromatic nitrogens is 4. The summed E-state index contributed by atoms with van der Waals surface area (Å²) in [5.41, 5.74) is 8.52. The molecule has 1 saturated carbocycles. The first-order chi connectivity index (χ1) is 15.7. The largest absolute Gasteiger partial charge is 0.491 e. The molecule has 164 valence electrons. The number of rotatable bonds is 4. The van der Waals surface area contributed by atoms with E-state index in [1.54, 1.807) is 6.20 Å². The van der Waals surface area contributed by atoms with E-state index in [4.69, 9.17) is 14.5 Å². The molecule has 0 atom stereocenters. The van der Waals surface area contributed by atoms with Crippen molar-refractivity contribution in [3.05, 3.63) is 42.5 Å². The van der Waals surface area contributed by atoms with Crippen molar-refractivity contribution >= 4 is 34.2 Å². The van der Waals surface area contributed by atoms with Crippen LogP contribution >= 0.6 is 0 Å². The summed E-state index contributed by atoms with van der Waals surface area (Å²) in [4.78, 5) is 21.8. The van der Waals surface area contributed by atoms with Crippen LogP contribution in [0.5, 0.6) is 5.75 Å². The number of anilines is 1. The number of nitrogens with zero attached hydrogens (tertiary/aromatic N) is 4. The van der Waals surface area contributed by atoms with Crippen molar-refractivity contribution in [2.45, 2.75) is 25.8 Å². The molecule has 0 spiro atoms. The van der Waals surface area contributed by atoms with Gasteiger partial charge >= 0.3 is 0 Å². The Bertz CT molecular complexity index is 1300. The molecule has 4 aromatic rings. The molecule has 1 fully saturated rings. The monoisotopic (exact) mass is 434 g/mol. The van der Waals surface area contributed by atoms with Gasteiger partial charge in [0.05, 0.1) is 17.6 Å². The Morgan fingerprint density at radius 1 is 1.19 bits per heavy atom. The molecule has 3 N–H and O–H groups in total. The van der Waals surface area contributed by atoms with Crippen molar-refractivity contribution in [2.24, 2.45) is 11.7 Å². The van der Waals surface area contributed by atoms with Crippen LogP contribution in [0.15, 0.2) is 36.7 Å². The van der Waals surface area contributed by atoms with Crippen LogP contribution in [-0.4, -0.2) is 39.1 Å². The smallest absolute Gasteiger partial charge is 0.204 e. The molecule has 1 aliphatic carbocycles. The summed E-state index contributed by atoms with van der Waals surface area (Å²) < 4.78 is 22.8. The number of amides is 1. The van der Waals surface area contributed by atoms with Gasteiger partial charge in [0, 0.05) is 42.8 Å². The van der Waals surface area contributed by atoms with Crippen LogP contribution in [0, 0.1) is 11.7 Å². The molecule has 2 aliphatic rings. The normalized spacial score (nSPS) is 14.9. The van der Waals surface area contributed by atoms with Crippen LogP contribution in [-0.2, 0) is 11.3 Å². The standard InChI is InChI=1S/C22H20FN5O.CH3NO/c23-16-8-14(9-17-20(16)25-5-4-24-17)22-27-18-10-15(26-12-13-2-3-13)11-19-21(18)28(22)6-1-7-29-19;2-1-3/h4-5,8-11,13,26H,1-3,6-7,12H2;1H,(H2,2,3). The molecule has 0 bridgehead atoms.